The topological polar surface area (TPSA) is 3.24 Å². The highest BCUT2D eigenvalue weighted by atomic mass is 28.3. The summed E-state index contributed by atoms with van der Waals surface area (Å²) in [4.78, 5) is 0. The van der Waals surface area contributed by atoms with Crippen molar-refractivity contribution < 1.29 is 0 Å². The molecule has 1 nitrogen and oxygen atoms in total. The van der Waals surface area contributed by atoms with Crippen LogP contribution in [-0.2, 0) is 0 Å². The van der Waals surface area contributed by atoms with Crippen LogP contribution in [0.4, 0.5) is 0 Å². The maximum atomic E-state index is 2.62. The first-order valence-electron chi connectivity index (χ1n) is 11.2. The molecule has 0 aromatic heterocycles. The molecule has 0 radical (unpaired) electrons. The van der Waals surface area contributed by atoms with Crippen molar-refractivity contribution in [1.29, 1.82) is 0 Å². The fourth-order valence-corrected chi connectivity index (χ4v) is 4.06. The van der Waals surface area contributed by atoms with Gasteiger partial charge in [-0.3, -0.25) is 0 Å². The van der Waals surface area contributed by atoms with E-state index in [0.29, 0.717) is 0 Å². The molecule has 0 spiro atoms. The fourth-order valence-electron chi connectivity index (χ4n) is 3.23. The minimum Gasteiger partial charge on any atom is -0.327 e. The number of nitrogens with zero attached hydrogens (tertiary/aromatic N) is 1. The van der Waals surface area contributed by atoms with Crippen LogP contribution in [0.5, 0.6) is 0 Å². The Bertz CT molecular complexity index is 247. The van der Waals surface area contributed by atoms with Crippen LogP contribution >= 0.6 is 0 Å². The van der Waals surface area contributed by atoms with Crippen LogP contribution in [0.3, 0.4) is 0 Å². The summed E-state index contributed by atoms with van der Waals surface area (Å²) in [6, 6.07) is 0. The van der Waals surface area contributed by atoms with Crippen molar-refractivity contribution in [3.8, 4) is 0 Å². The highest BCUT2D eigenvalue weighted by Crippen LogP contribution is 2.14. The summed E-state index contributed by atoms with van der Waals surface area (Å²) in [5.74, 6) is 0. The first-order valence-corrected chi connectivity index (χ1v) is 14.6. The fraction of sp³-hybridized carbons (Fsp3) is 1.00. The largest absolute Gasteiger partial charge is 0.327 e. The maximum Gasteiger partial charge on any atom is 0.118 e. The van der Waals surface area contributed by atoms with Crippen LogP contribution in [0.15, 0.2) is 0 Å². The first kappa shape index (κ1) is 24.2. The van der Waals surface area contributed by atoms with Gasteiger partial charge < -0.3 is 4.57 Å². The molecular formula is C22H49NSi. The Kier molecular flexibility index (Phi) is 16.8. The summed E-state index contributed by atoms with van der Waals surface area (Å²) in [5.41, 5.74) is 0. The van der Waals surface area contributed by atoms with E-state index in [2.05, 4.69) is 38.2 Å². The van der Waals surface area contributed by atoms with Gasteiger partial charge in [-0.15, -0.1) is 0 Å². The molecule has 0 heterocycles. The molecule has 0 unspecified atom stereocenters. The Morgan fingerprint density at radius 2 is 0.792 bits per heavy atom. The van der Waals surface area contributed by atoms with Gasteiger partial charge in [-0.2, -0.15) is 0 Å². The van der Waals surface area contributed by atoms with Crippen molar-refractivity contribution in [2.24, 2.45) is 0 Å². The monoisotopic (exact) mass is 355 g/mol. The molecule has 0 aliphatic carbocycles. The average molecular weight is 356 g/mol. The van der Waals surface area contributed by atoms with Crippen LogP contribution < -0.4 is 0 Å². The molecule has 0 bridgehead atoms. The Morgan fingerprint density at radius 3 is 1.08 bits per heavy atom. The molecule has 0 aliphatic heterocycles. The molecule has 0 fully saturated rings. The van der Waals surface area contributed by atoms with E-state index in [1.165, 1.54) is 109 Å². The van der Waals surface area contributed by atoms with Gasteiger partial charge in [0.05, 0.1) is 0 Å². The molecule has 0 saturated carbocycles. The van der Waals surface area contributed by atoms with Gasteiger partial charge in [0.15, 0.2) is 0 Å². The summed E-state index contributed by atoms with van der Waals surface area (Å²) in [6.07, 6.45) is 23.3. The molecule has 0 aromatic carbocycles. The zero-order valence-corrected chi connectivity index (χ0v) is 19.0. The van der Waals surface area contributed by atoms with Crippen LogP contribution in [0.2, 0.25) is 19.6 Å². The standard InChI is InChI=1S/C22H49NSi/c1-6-7-8-9-10-11-12-13-14-15-16-17-18-19-20-21-22-23(2)24(3,4)5/h6-22H2,1-5H3. The van der Waals surface area contributed by atoms with Gasteiger partial charge in [-0.1, -0.05) is 123 Å². The number of hydrogen-bond donors (Lipinski definition) is 0. The lowest BCUT2D eigenvalue weighted by Gasteiger charge is -2.29. The lowest BCUT2D eigenvalue weighted by Crippen LogP contribution is -2.43. The third kappa shape index (κ3) is 17.0. The second kappa shape index (κ2) is 16.6. The molecule has 0 aromatic rings. The molecule has 0 aliphatic rings. The summed E-state index contributed by atoms with van der Waals surface area (Å²) in [5, 5.41) is 0. The molecule has 0 rings (SSSR count). The number of rotatable bonds is 18. The third-order valence-electron chi connectivity index (χ3n) is 5.49. The first-order chi connectivity index (χ1) is 11.5. The highest BCUT2D eigenvalue weighted by molar-refractivity contribution is 6.73. The van der Waals surface area contributed by atoms with E-state index in [4.69, 9.17) is 0 Å². The van der Waals surface area contributed by atoms with Gasteiger partial charge in [-0.05, 0) is 20.0 Å². The Balaban J connectivity index is 3.10. The molecule has 2 heteroatoms. The van der Waals surface area contributed by atoms with Gasteiger partial charge in [0, 0.05) is 0 Å². The molecule has 146 valence electrons. The normalized spacial score (nSPS) is 12.2. The molecular weight excluding hydrogens is 306 g/mol. The molecule has 0 saturated heterocycles. The second-order valence-corrected chi connectivity index (χ2v) is 14.0. The van der Waals surface area contributed by atoms with Crippen LogP contribution in [-0.4, -0.2) is 26.4 Å². The van der Waals surface area contributed by atoms with Crippen molar-refractivity contribution in [2.45, 2.75) is 129 Å². The summed E-state index contributed by atoms with van der Waals surface area (Å²) < 4.78 is 2.62. The summed E-state index contributed by atoms with van der Waals surface area (Å²) in [7, 11) is 1.28. The van der Waals surface area contributed by atoms with Crippen LogP contribution in [0.1, 0.15) is 110 Å². The molecule has 0 N–H and O–H groups in total. The van der Waals surface area contributed by atoms with E-state index >= 15 is 0 Å². The lowest BCUT2D eigenvalue weighted by atomic mass is 10.0. The van der Waals surface area contributed by atoms with Gasteiger partial charge in [-0.25, -0.2) is 0 Å². The number of hydrogen-bond acceptors (Lipinski definition) is 1. The van der Waals surface area contributed by atoms with E-state index in [0.717, 1.165) is 0 Å². The van der Waals surface area contributed by atoms with Crippen molar-refractivity contribution in [3.05, 3.63) is 0 Å². The quantitative estimate of drug-likeness (QED) is 0.178. The van der Waals surface area contributed by atoms with E-state index in [1.807, 2.05) is 0 Å². The van der Waals surface area contributed by atoms with E-state index < -0.39 is 8.24 Å². The predicted octanol–water partition coefficient (Wildman–Crippen LogP) is 8.01. The Hall–Kier alpha value is 0.177. The van der Waals surface area contributed by atoms with Gasteiger partial charge >= 0.3 is 0 Å². The van der Waals surface area contributed by atoms with Gasteiger partial charge in [0.2, 0.25) is 0 Å². The SMILES string of the molecule is CCCCCCCCCCCCCCCCCCN(C)[Si](C)(C)C. The predicted molar refractivity (Wildman–Crippen MR) is 116 cm³/mol. The highest BCUT2D eigenvalue weighted by Gasteiger charge is 2.18. The van der Waals surface area contributed by atoms with Crippen molar-refractivity contribution in [2.75, 3.05) is 13.6 Å². The summed E-state index contributed by atoms with van der Waals surface area (Å²) in [6.45, 7) is 10.9. The van der Waals surface area contributed by atoms with E-state index in [-0.39, 0.29) is 0 Å². The molecule has 0 atom stereocenters. The third-order valence-corrected chi connectivity index (χ3v) is 8.01. The summed E-state index contributed by atoms with van der Waals surface area (Å²) >= 11 is 0. The van der Waals surface area contributed by atoms with Crippen molar-refractivity contribution in [3.63, 3.8) is 0 Å². The Morgan fingerprint density at radius 1 is 0.500 bits per heavy atom. The van der Waals surface area contributed by atoms with E-state index in [9.17, 15) is 0 Å². The molecule has 0 amide bonds. The van der Waals surface area contributed by atoms with Crippen molar-refractivity contribution in [1.82, 2.24) is 4.57 Å². The van der Waals surface area contributed by atoms with Gasteiger partial charge in [0.25, 0.3) is 0 Å². The zero-order chi connectivity index (χ0) is 18.1. The minimum absolute atomic E-state index is 1.04. The average Bonchev–Trinajstić information content (AvgIpc) is 2.53. The van der Waals surface area contributed by atoms with Gasteiger partial charge in [0.1, 0.15) is 8.24 Å². The minimum atomic E-state index is -1.04. The van der Waals surface area contributed by atoms with Crippen LogP contribution in [0.25, 0.3) is 0 Å². The zero-order valence-electron chi connectivity index (χ0n) is 18.0. The Labute approximate surface area is 156 Å². The maximum absolute atomic E-state index is 2.62. The number of unbranched alkanes of at least 4 members (excludes halogenated alkanes) is 15. The lowest BCUT2D eigenvalue weighted by molar-refractivity contribution is 0.466. The van der Waals surface area contributed by atoms with E-state index in [1.54, 1.807) is 0 Å². The second-order valence-electron chi connectivity index (χ2n) is 8.90. The van der Waals surface area contributed by atoms with Crippen molar-refractivity contribution >= 4 is 8.24 Å². The molecule has 24 heavy (non-hydrogen) atoms. The van der Waals surface area contributed by atoms with Crippen LogP contribution in [0, 0.1) is 0 Å². The smallest absolute Gasteiger partial charge is 0.118 e.